The van der Waals surface area contributed by atoms with Gasteiger partial charge in [0.1, 0.15) is 0 Å². The molecule has 3 fully saturated rings. The number of hydrogen-bond donors (Lipinski definition) is 2. The molecule has 6 rings (SSSR count). The molecule has 3 saturated heterocycles. The smallest absolute Gasteiger partial charge is 0.250 e. The highest BCUT2D eigenvalue weighted by Crippen LogP contribution is 2.47. The molecule has 5 heterocycles. The van der Waals surface area contributed by atoms with E-state index in [2.05, 4.69) is 27.4 Å². The number of hydrogen-bond acceptors (Lipinski definition) is 5. The zero-order valence-electron chi connectivity index (χ0n) is 18.5. The van der Waals surface area contributed by atoms with E-state index in [1.165, 1.54) is 17.7 Å². The van der Waals surface area contributed by atoms with Crippen molar-refractivity contribution in [1.82, 2.24) is 9.88 Å². The van der Waals surface area contributed by atoms with Crippen LogP contribution in [0.3, 0.4) is 0 Å². The third-order valence-corrected chi connectivity index (χ3v) is 11.6. The van der Waals surface area contributed by atoms with Crippen molar-refractivity contribution in [2.45, 2.75) is 61.5 Å². The maximum absolute atomic E-state index is 12.6. The summed E-state index contributed by atoms with van der Waals surface area (Å²) in [6.45, 7) is 3.30. The van der Waals surface area contributed by atoms with Crippen LogP contribution in [0.5, 0.6) is 0 Å². The van der Waals surface area contributed by atoms with Crippen LogP contribution in [0.4, 0.5) is 0 Å². The topological polar surface area (TPSA) is 96.3 Å². The van der Waals surface area contributed by atoms with Gasteiger partial charge in [0.05, 0.1) is 21.6 Å². The van der Waals surface area contributed by atoms with Crippen molar-refractivity contribution in [3.8, 4) is 11.1 Å². The van der Waals surface area contributed by atoms with Gasteiger partial charge in [-0.05, 0) is 97.8 Å². The minimum Gasteiger partial charge on any atom is -0.366 e. The lowest BCUT2D eigenvalue weighted by Gasteiger charge is -2.27. The molecule has 6 nitrogen and oxygen atoms in total. The molecule has 33 heavy (non-hydrogen) atoms. The highest BCUT2D eigenvalue weighted by atomic mass is 32.2. The summed E-state index contributed by atoms with van der Waals surface area (Å²) in [5, 5.41) is 2.71. The largest absolute Gasteiger partial charge is 0.366 e. The van der Waals surface area contributed by atoms with Crippen LogP contribution in [0.1, 0.15) is 65.2 Å². The molecule has 1 aromatic carbocycles. The fourth-order valence-electron chi connectivity index (χ4n) is 6.19. The summed E-state index contributed by atoms with van der Waals surface area (Å²) >= 11 is 1.76. The van der Waals surface area contributed by atoms with E-state index in [-0.39, 0.29) is 16.4 Å². The predicted octanol–water partition coefficient (Wildman–Crippen LogP) is 4.41. The van der Waals surface area contributed by atoms with Gasteiger partial charge in [0, 0.05) is 23.0 Å². The van der Waals surface area contributed by atoms with E-state index < -0.39 is 15.7 Å². The zero-order chi connectivity index (χ0) is 22.7. The first-order valence-electron chi connectivity index (χ1n) is 11.9. The van der Waals surface area contributed by atoms with Crippen molar-refractivity contribution in [1.29, 1.82) is 0 Å². The molecule has 3 aliphatic heterocycles. The number of nitrogens with two attached hydrogens (primary N) is 1. The molecular weight excluding hydrogens is 454 g/mol. The van der Waals surface area contributed by atoms with Crippen LogP contribution in [0, 0.1) is 0 Å². The van der Waals surface area contributed by atoms with Crippen LogP contribution in [0.25, 0.3) is 22.0 Å². The standard InChI is InChI=1S/C25H29N3O3S2/c26-25(29)22-11-15(17-7-18(32-14-17)13-28-5-1-2-6-28)10-21-23(12-27-24(21)22)16-8-19-3-4-20(9-16)33(19,30)31/h7,10-12,14,16,19-20,27H,1-6,8-9,13H2,(H2,26,29)/t16?,19-,20+. The van der Waals surface area contributed by atoms with Crippen LogP contribution in [-0.2, 0) is 16.4 Å². The molecule has 2 aromatic heterocycles. The van der Waals surface area contributed by atoms with Crippen molar-refractivity contribution >= 4 is 38.0 Å². The first kappa shape index (κ1) is 21.4. The SMILES string of the molecule is NC(=O)c1cc(-c2csc(CN3CCCC3)c2)cc2c(C3C[C@H]4CC[C@@H](C3)S4(=O)=O)c[nH]c12. The van der Waals surface area contributed by atoms with Gasteiger partial charge in [0.2, 0.25) is 0 Å². The van der Waals surface area contributed by atoms with Crippen LogP contribution in [-0.4, -0.2) is 47.8 Å². The van der Waals surface area contributed by atoms with E-state index in [1.807, 2.05) is 12.3 Å². The molecular formula is C25H29N3O3S2. The number of carbonyl (C=O) groups excluding carboxylic acids is 1. The molecule has 3 aliphatic rings. The number of sulfone groups is 1. The second kappa shape index (κ2) is 7.96. The number of primary amides is 1. The van der Waals surface area contributed by atoms with E-state index in [0.29, 0.717) is 18.4 Å². The predicted molar refractivity (Wildman–Crippen MR) is 132 cm³/mol. The molecule has 3 N–H and O–H groups in total. The van der Waals surface area contributed by atoms with Gasteiger partial charge in [-0.3, -0.25) is 9.69 Å². The Labute approximate surface area is 198 Å². The summed E-state index contributed by atoms with van der Waals surface area (Å²) < 4.78 is 25.2. The number of amides is 1. The Bertz CT molecular complexity index is 1310. The third kappa shape index (κ3) is 3.63. The first-order valence-corrected chi connectivity index (χ1v) is 14.4. The second-order valence-electron chi connectivity index (χ2n) is 9.92. The summed E-state index contributed by atoms with van der Waals surface area (Å²) in [6, 6.07) is 6.27. The van der Waals surface area contributed by atoms with Crippen molar-refractivity contribution in [3.05, 3.63) is 45.8 Å². The molecule has 2 bridgehead atoms. The highest BCUT2D eigenvalue weighted by Gasteiger charge is 2.47. The van der Waals surface area contributed by atoms with Gasteiger partial charge in [-0.1, -0.05) is 0 Å². The fourth-order valence-corrected chi connectivity index (χ4v) is 9.60. The third-order valence-electron chi connectivity index (χ3n) is 7.93. The fraction of sp³-hybridized carbons (Fsp3) is 0.480. The Balaban J connectivity index is 1.38. The molecule has 0 spiro atoms. The Hall–Kier alpha value is -2.16. The van der Waals surface area contributed by atoms with E-state index in [4.69, 9.17) is 5.73 Å². The van der Waals surface area contributed by atoms with Gasteiger partial charge in [-0.15, -0.1) is 11.3 Å². The van der Waals surface area contributed by atoms with E-state index in [0.717, 1.165) is 60.1 Å². The van der Waals surface area contributed by atoms with Gasteiger partial charge < -0.3 is 10.7 Å². The Morgan fingerprint density at radius 1 is 1.09 bits per heavy atom. The number of fused-ring (bicyclic) bond motifs is 3. The maximum atomic E-state index is 12.6. The van der Waals surface area contributed by atoms with Crippen LogP contribution in [0.15, 0.2) is 29.8 Å². The average molecular weight is 484 g/mol. The van der Waals surface area contributed by atoms with Gasteiger partial charge in [-0.25, -0.2) is 8.42 Å². The van der Waals surface area contributed by atoms with E-state index in [1.54, 1.807) is 11.3 Å². The zero-order valence-corrected chi connectivity index (χ0v) is 20.2. The number of aromatic nitrogens is 1. The lowest BCUT2D eigenvalue weighted by molar-refractivity contribution is 0.100. The van der Waals surface area contributed by atoms with Crippen LogP contribution in [0.2, 0.25) is 0 Å². The van der Waals surface area contributed by atoms with Crippen molar-refractivity contribution in [2.75, 3.05) is 13.1 Å². The first-order chi connectivity index (χ1) is 15.9. The number of nitrogens with zero attached hydrogens (tertiary/aromatic N) is 1. The summed E-state index contributed by atoms with van der Waals surface area (Å²) in [6.07, 6.45) is 7.40. The lowest BCUT2D eigenvalue weighted by Crippen LogP contribution is -2.31. The van der Waals surface area contributed by atoms with Crippen LogP contribution < -0.4 is 5.73 Å². The van der Waals surface area contributed by atoms with Crippen molar-refractivity contribution in [2.24, 2.45) is 5.73 Å². The van der Waals surface area contributed by atoms with Gasteiger partial charge >= 0.3 is 0 Å². The molecule has 0 radical (unpaired) electrons. The molecule has 1 unspecified atom stereocenters. The number of thiophene rings is 1. The van der Waals surface area contributed by atoms with Gasteiger partial charge in [0.25, 0.3) is 5.91 Å². The summed E-state index contributed by atoms with van der Waals surface area (Å²) in [5.41, 5.74) is 10.2. The highest BCUT2D eigenvalue weighted by molar-refractivity contribution is 7.93. The number of carbonyl (C=O) groups is 1. The molecule has 1 amide bonds. The number of benzene rings is 1. The summed E-state index contributed by atoms with van der Waals surface area (Å²) in [7, 11) is -2.97. The molecule has 0 aliphatic carbocycles. The minimum atomic E-state index is -2.97. The normalized spacial score (nSPS) is 26.8. The minimum absolute atomic E-state index is 0.184. The Morgan fingerprint density at radius 2 is 1.82 bits per heavy atom. The van der Waals surface area contributed by atoms with Crippen LogP contribution >= 0.6 is 11.3 Å². The van der Waals surface area contributed by atoms with Crippen molar-refractivity contribution < 1.29 is 13.2 Å². The van der Waals surface area contributed by atoms with Crippen molar-refractivity contribution in [3.63, 3.8) is 0 Å². The summed E-state index contributed by atoms with van der Waals surface area (Å²) in [4.78, 5) is 19.4. The molecule has 8 heteroatoms. The molecule has 174 valence electrons. The number of H-pyrrole nitrogens is 1. The Kier molecular flexibility index (Phi) is 5.16. The number of nitrogens with one attached hydrogen (secondary N) is 1. The molecule has 0 saturated carbocycles. The number of likely N-dealkylation sites (tertiary alicyclic amines) is 1. The Morgan fingerprint density at radius 3 is 2.52 bits per heavy atom. The lowest BCUT2D eigenvalue weighted by atomic mass is 9.89. The van der Waals surface area contributed by atoms with E-state index in [9.17, 15) is 13.2 Å². The number of aromatic amines is 1. The quantitative estimate of drug-likeness (QED) is 0.562. The summed E-state index contributed by atoms with van der Waals surface area (Å²) in [5.74, 6) is -0.266. The van der Waals surface area contributed by atoms with E-state index >= 15 is 0 Å². The monoisotopic (exact) mass is 483 g/mol. The van der Waals surface area contributed by atoms with Gasteiger partial charge in [-0.2, -0.15) is 0 Å². The number of rotatable bonds is 5. The molecule has 3 aromatic rings. The second-order valence-corrected chi connectivity index (χ2v) is 13.4. The average Bonchev–Trinajstić information content (AvgIpc) is 3.55. The van der Waals surface area contributed by atoms with Gasteiger partial charge in [0.15, 0.2) is 9.84 Å². The maximum Gasteiger partial charge on any atom is 0.250 e. The molecule has 3 atom stereocenters.